The van der Waals surface area contributed by atoms with Crippen molar-refractivity contribution >= 4 is 23.0 Å². The van der Waals surface area contributed by atoms with Crippen LogP contribution in [0.2, 0.25) is 0 Å². The molecule has 4 heterocycles. The molecular formula is C18H19N5S. The summed E-state index contributed by atoms with van der Waals surface area (Å²) < 4.78 is 0. The highest BCUT2D eigenvalue weighted by Crippen LogP contribution is 2.26. The molecule has 1 aliphatic rings. The topological polar surface area (TPSA) is 45.2 Å². The number of anilines is 2. The van der Waals surface area contributed by atoms with Gasteiger partial charge in [-0.15, -0.1) is 11.3 Å². The van der Waals surface area contributed by atoms with Crippen LogP contribution in [0.1, 0.15) is 16.3 Å². The van der Waals surface area contributed by atoms with Gasteiger partial charge in [0.25, 0.3) is 0 Å². The first-order chi connectivity index (χ1) is 11.8. The van der Waals surface area contributed by atoms with Crippen LogP contribution < -0.4 is 9.80 Å². The molecule has 0 unspecified atom stereocenters. The second kappa shape index (κ2) is 6.57. The highest BCUT2D eigenvalue weighted by Gasteiger charge is 2.22. The minimum absolute atomic E-state index is 0.796. The maximum atomic E-state index is 4.65. The number of hydrogen-bond acceptors (Lipinski definition) is 6. The summed E-state index contributed by atoms with van der Waals surface area (Å²) >= 11 is 1.70. The minimum Gasteiger partial charge on any atom is -0.350 e. The zero-order chi connectivity index (χ0) is 16.4. The van der Waals surface area contributed by atoms with Gasteiger partial charge in [-0.2, -0.15) is 0 Å². The van der Waals surface area contributed by atoms with Gasteiger partial charge in [0.1, 0.15) is 11.6 Å². The van der Waals surface area contributed by atoms with Gasteiger partial charge < -0.3 is 9.80 Å². The molecular weight excluding hydrogens is 318 g/mol. The van der Waals surface area contributed by atoms with Gasteiger partial charge in [-0.3, -0.25) is 0 Å². The molecule has 0 spiro atoms. The Labute approximate surface area is 145 Å². The quantitative estimate of drug-likeness (QED) is 0.734. The van der Waals surface area contributed by atoms with Crippen LogP contribution in [0.3, 0.4) is 0 Å². The molecule has 4 rings (SSSR count). The van der Waals surface area contributed by atoms with Crippen molar-refractivity contribution in [2.45, 2.75) is 20.0 Å². The van der Waals surface area contributed by atoms with E-state index in [1.807, 2.05) is 37.5 Å². The van der Waals surface area contributed by atoms with Gasteiger partial charge in [0.15, 0.2) is 0 Å². The van der Waals surface area contributed by atoms with Gasteiger partial charge in [0.05, 0.1) is 17.2 Å². The average molecular weight is 337 g/mol. The summed E-state index contributed by atoms with van der Waals surface area (Å²) in [5.74, 6) is 2.07. The van der Waals surface area contributed by atoms with Crippen LogP contribution in [0.5, 0.6) is 0 Å². The molecule has 24 heavy (non-hydrogen) atoms. The minimum atomic E-state index is 0.796. The molecule has 0 saturated heterocycles. The number of pyridine rings is 2. The van der Waals surface area contributed by atoms with Crippen molar-refractivity contribution in [3.63, 3.8) is 0 Å². The molecule has 0 aromatic carbocycles. The van der Waals surface area contributed by atoms with Crippen LogP contribution in [0.15, 0.2) is 48.1 Å². The zero-order valence-electron chi connectivity index (χ0n) is 13.6. The summed E-state index contributed by atoms with van der Waals surface area (Å²) in [7, 11) is 0. The Bertz CT molecular complexity index is 817. The Morgan fingerprint density at radius 3 is 2.79 bits per heavy atom. The zero-order valence-corrected chi connectivity index (χ0v) is 14.4. The Morgan fingerprint density at radius 1 is 1.08 bits per heavy atom. The van der Waals surface area contributed by atoms with Gasteiger partial charge in [-0.25, -0.2) is 15.0 Å². The molecule has 6 heteroatoms. The molecule has 5 nitrogen and oxygen atoms in total. The number of aryl methyl sites for hydroxylation is 1. The van der Waals surface area contributed by atoms with Crippen LogP contribution >= 0.6 is 11.3 Å². The lowest BCUT2D eigenvalue weighted by atomic mass is 10.2. The fourth-order valence-electron chi connectivity index (χ4n) is 3.04. The number of rotatable bonds is 3. The molecule has 0 radical (unpaired) electrons. The van der Waals surface area contributed by atoms with E-state index >= 15 is 0 Å². The lowest BCUT2D eigenvalue weighted by molar-refractivity contribution is 0.738. The molecule has 1 aliphatic heterocycles. The highest BCUT2D eigenvalue weighted by atomic mass is 32.1. The van der Waals surface area contributed by atoms with E-state index < -0.39 is 0 Å². The van der Waals surface area contributed by atoms with Gasteiger partial charge in [0.2, 0.25) is 0 Å². The summed E-state index contributed by atoms with van der Waals surface area (Å²) in [6.45, 7) is 5.48. The van der Waals surface area contributed by atoms with Crippen LogP contribution in [-0.2, 0) is 13.1 Å². The molecule has 3 aromatic heterocycles. The van der Waals surface area contributed by atoms with Crippen molar-refractivity contribution in [2.24, 2.45) is 0 Å². The molecule has 0 N–H and O–H groups in total. The normalized spacial score (nSPS) is 14.4. The van der Waals surface area contributed by atoms with E-state index in [1.165, 1.54) is 5.56 Å². The third kappa shape index (κ3) is 3.10. The largest absolute Gasteiger partial charge is 0.350 e. The van der Waals surface area contributed by atoms with Crippen molar-refractivity contribution in [1.29, 1.82) is 0 Å². The van der Waals surface area contributed by atoms with Gasteiger partial charge in [-0.1, -0.05) is 12.1 Å². The Hall–Kier alpha value is -2.47. The van der Waals surface area contributed by atoms with Crippen LogP contribution in [0.25, 0.3) is 0 Å². The van der Waals surface area contributed by atoms with Crippen molar-refractivity contribution in [3.8, 4) is 0 Å². The summed E-state index contributed by atoms with van der Waals surface area (Å²) in [5.41, 5.74) is 2.34. The molecule has 0 atom stereocenters. The fourth-order valence-corrected chi connectivity index (χ4v) is 3.64. The van der Waals surface area contributed by atoms with Crippen LogP contribution in [-0.4, -0.2) is 28.0 Å². The molecule has 0 fully saturated rings. The third-order valence-corrected chi connectivity index (χ3v) is 4.98. The fraction of sp³-hybridized carbons (Fsp3) is 0.278. The monoisotopic (exact) mass is 337 g/mol. The molecule has 0 amide bonds. The maximum Gasteiger partial charge on any atom is 0.133 e. The van der Waals surface area contributed by atoms with Crippen LogP contribution in [0, 0.1) is 6.92 Å². The summed E-state index contributed by atoms with van der Waals surface area (Å²) in [4.78, 5) is 18.4. The first kappa shape index (κ1) is 15.1. The second-order valence-electron chi connectivity index (χ2n) is 5.88. The van der Waals surface area contributed by atoms with E-state index in [1.54, 1.807) is 11.3 Å². The third-order valence-electron chi connectivity index (χ3n) is 4.16. The van der Waals surface area contributed by atoms with Crippen LogP contribution in [0.4, 0.5) is 11.6 Å². The molecule has 0 aliphatic carbocycles. The number of thiazole rings is 1. The Morgan fingerprint density at radius 2 is 2.00 bits per heavy atom. The van der Waals surface area contributed by atoms with Crippen molar-refractivity contribution in [3.05, 3.63) is 64.4 Å². The van der Waals surface area contributed by atoms with E-state index in [0.717, 1.165) is 48.5 Å². The van der Waals surface area contributed by atoms with E-state index in [4.69, 9.17) is 0 Å². The molecule has 0 saturated carbocycles. The second-order valence-corrected chi connectivity index (χ2v) is 6.94. The Balaban J connectivity index is 1.63. The highest BCUT2D eigenvalue weighted by molar-refractivity contribution is 7.09. The van der Waals surface area contributed by atoms with E-state index in [2.05, 4.69) is 42.3 Å². The standard InChI is InChI=1S/C18H19N5S/c1-14-21-16(13-24-14)12-23-10-9-22(17-6-2-3-7-19-17)11-15-5-4-8-20-18(15)23/h2-8,13H,9-12H2,1H3. The molecule has 122 valence electrons. The first-order valence-corrected chi connectivity index (χ1v) is 8.93. The predicted octanol–water partition coefficient (Wildman–Crippen LogP) is 3.27. The van der Waals surface area contributed by atoms with Gasteiger partial charge in [0, 0.05) is 43.0 Å². The van der Waals surface area contributed by atoms with E-state index in [9.17, 15) is 0 Å². The predicted molar refractivity (Wildman–Crippen MR) is 97.4 cm³/mol. The number of fused-ring (bicyclic) bond motifs is 1. The summed E-state index contributed by atoms with van der Waals surface area (Å²) in [6, 6.07) is 10.2. The van der Waals surface area contributed by atoms with E-state index in [0.29, 0.717) is 0 Å². The molecule has 3 aromatic rings. The average Bonchev–Trinajstić information content (AvgIpc) is 2.94. The number of aromatic nitrogens is 3. The first-order valence-electron chi connectivity index (χ1n) is 8.05. The van der Waals surface area contributed by atoms with Crippen molar-refractivity contribution < 1.29 is 0 Å². The summed E-state index contributed by atoms with van der Waals surface area (Å²) in [5, 5.41) is 3.25. The van der Waals surface area contributed by atoms with Crippen molar-refractivity contribution in [1.82, 2.24) is 15.0 Å². The van der Waals surface area contributed by atoms with E-state index in [-0.39, 0.29) is 0 Å². The van der Waals surface area contributed by atoms with Gasteiger partial charge >= 0.3 is 0 Å². The lowest BCUT2D eigenvalue weighted by Crippen LogP contribution is -2.31. The maximum absolute atomic E-state index is 4.65. The lowest BCUT2D eigenvalue weighted by Gasteiger charge is -2.23. The Kier molecular flexibility index (Phi) is 4.13. The van der Waals surface area contributed by atoms with Gasteiger partial charge in [-0.05, 0) is 25.1 Å². The SMILES string of the molecule is Cc1nc(CN2CCN(c3ccccn3)Cc3cccnc32)cs1. The summed E-state index contributed by atoms with van der Waals surface area (Å²) in [6.07, 6.45) is 3.72. The number of hydrogen-bond donors (Lipinski definition) is 0. The smallest absolute Gasteiger partial charge is 0.133 e. The molecule has 0 bridgehead atoms. The number of nitrogens with zero attached hydrogens (tertiary/aromatic N) is 5. The van der Waals surface area contributed by atoms with Crippen molar-refractivity contribution in [2.75, 3.05) is 22.9 Å².